The van der Waals surface area contributed by atoms with Crippen LogP contribution in [-0.4, -0.2) is 0 Å². The molecule has 0 unspecified atom stereocenters. The Morgan fingerprint density at radius 1 is 1.55 bits per heavy atom. The van der Waals surface area contributed by atoms with E-state index in [2.05, 4.69) is 15.9 Å². The van der Waals surface area contributed by atoms with E-state index in [9.17, 15) is 4.39 Å². The monoisotopic (exact) mass is 236 g/mol. The molecule has 1 aromatic rings. The summed E-state index contributed by atoms with van der Waals surface area (Å²) in [5, 5.41) is 0. The molecule has 0 N–H and O–H groups in total. The molecule has 0 aliphatic carbocycles. The van der Waals surface area contributed by atoms with Crippen LogP contribution in [0, 0.1) is 12.7 Å². The average molecular weight is 237 g/mol. The van der Waals surface area contributed by atoms with Crippen molar-refractivity contribution in [3.63, 3.8) is 0 Å². The number of alkyl halides is 1. The lowest BCUT2D eigenvalue weighted by molar-refractivity contribution is 0.607. The fraction of sp³-hybridized carbons (Fsp3) is 0.250. The first-order chi connectivity index (χ1) is 5.15. The normalized spacial score (nSPS) is 10.2. The number of aryl methyl sites for hydroxylation is 1. The molecule has 0 aromatic heterocycles. The van der Waals surface area contributed by atoms with E-state index in [-0.39, 0.29) is 11.7 Å². The Hall–Kier alpha value is -0.0800. The van der Waals surface area contributed by atoms with Gasteiger partial charge in [-0.25, -0.2) is 4.39 Å². The average Bonchev–Trinajstić information content (AvgIpc) is 1.96. The van der Waals surface area contributed by atoms with Gasteiger partial charge in [-0.2, -0.15) is 0 Å². The van der Waals surface area contributed by atoms with Gasteiger partial charge in [0.2, 0.25) is 0 Å². The molecular formula is C8H7BrClF. The summed E-state index contributed by atoms with van der Waals surface area (Å²) in [5.74, 6) is 0.00903. The van der Waals surface area contributed by atoms with Gasteiger partial charge in [0.1, 0.15) is 5.82 Å². The van der Waals surface area contributed by atoms with Crippen LogP contribution in [0.2, 0.25) is 0 Å². The van der Waals surface area contributed by atoms with Gasteiger partial charge in [0.05, 0.1) is 5.88 Å². The minimum atomic E-state index is -0.205. The molecule has 0 saturated carbocycles. The Balaban J connectivity index is 3.24. The Bertz CT molecular complexity index is 273. The van der Waals surface area contributed by atoms with Gasteiger partial charge in [0.15, 0.2) is 0 Å². The maximum Gasteiger partial charge on any atom is 0.130 e. The van der Waals surface area contributed by atoms with E-state index in [0.717, 1.165) is 4.47 Å². The van der Waals surface area contributed by atoms with E-state index in [1.165, 1.54) is 0 Å². The van der Waals surface area contributed by atoms with Gasteiger partial charge in [0.25, 0.3) is 0 Å². The molecule has 0 aliphatic heterocycles. The summed E-state index contributed by atoms with van der Waals surface area (Å²) < 4.78 is 13.9. The van der Waals surface area contributed by atoms with Crippen molar-refractivity contribution in [3.05, 3.63) is 33.5 Å². The van der Waals surface area contributed by atoms with Crippen LogP contribution in [0.3, 0.4) is 0 Å². The van der Waals surface area contributed by atoms with Crippen molar-refractivity contribution >= 4 is 27.5 Å². The second-order valence-corrected chi connectivity index (χ2v) is 3.51. The highest BCUT2D eigenvalue weighted by molar-refractivity contribution is 9.10. The third-order valence-corrected chi connectivity index (χ3v) is 2.18. The Kier molecular flexibility index (Phi) is 2.90. The summed E-state index contributed by atoms with van der Waals surface area (Å²) in [4.78, 5) is 0. The standard InChI is InChI=1S/C8H7BrClF/c1-5-2-7(9)3-6(4-10)8(5)11/h2-3H,4H2,1H3. The molecule has 0 aliphatic rings. The second-order valence-electron chi connectivity index (χ2n) is 2.33. The van der Waals surface area contributed by atoms with Crippen LogP contribution >= 0.6 is 27.5 Å². The summed E-state index contributed by atoms with van der Waals surface area (Å²) in [7, 11) is 0. The molecule has 60 valence electrons. The Labute approximate surface area is 78.5 Å². The minimum absolute atomic E-state index is 0.205. The fourth-order valence-electron chi connectivity index (χ4n) is 0.892. The van der Waals surface area contributed by atoms with Crippen LogP contribution in [0.1, 0.15) is 11.1 Å². The quantitative estimate of drug-likeness (QED) is 0.654. The largest absolute Gasteiger partial charge is 0.206 e. The first-order valence-electron chi connectivity index (χ1n) is 3.15. The van der Waals surface area contributed by atoms with Crippen LogP contribution in [0.5, 0.6) is 0 Å². The lowest BCUT2D eigenvalue weighted by Gasteiger charge is -2.02. The van der Waals surface area contributed by atoms with Crippen molar-refractivity contribution in [1.29, 1.82) is 0 Å². The van der Waals surface area contributed by atoms with Gasteiger partial charge in [-0.15, -0.1) is 11.6 Å². The zero-order valence-electron chi connectivity index (χ0n) is 6.00. The zero-order valence-corrected chi connectivity index (χ0v) is 8.34. The van der Waals surface area contributed by atoms with Crippen molar-refractivity contribution in [2.45, 2.75) is 12.8 Å². The first kappa shape index (κ1) is 9.01. The van der Waals surface area contributed by atoms with Crippen molar-refractivity contribution in [2.24, 2.45) is 0 Å². The van der Waals surface area contributed by atoms with Crippen LogP contribution in [0.15, 0.2) is 16.6 Å². The van der Waals surface area contributed by atoms with Crippen LogP contribution < -0.4 is 0 Å². The molecule has 0 nitrogen and oxygen atoms in total. The number of benzene rings is 1. The van der Waals surface area contributed by atoms with E-state index >= 15 is 0 Å². The van der Waals surface area contributed by atoms with E-state index < -0.39 is 0 Å². The second kappa shape index (κ2) is 3.55. The molecular weight excluding hydrogens is 230 g/mol. The molecule has 0 bridgehead atoms. The summed E-state index contributed by atoms with van der Waals surface area (Å²) in [5.41, 5.74) is 1.16. The molecule has 1 aromatic carbocycles. The van der Waals surface area contributed by atoms with Gasteiger partial charge >= 0.3 is 0 Å². The molecule has 0 heterocycles. The summed E-state index contributed by atoms with van der Waals surface area (Å²) in [6.07, 6.45) is 0. The van der Waals surface area contributed by atoms with E-state index in [1.807, 2.05) is 0 Å². The van der Waals surface area contributed by atoms with Crippen LogP contribution in [-0.2, 0) is 5.88 Å². The predicted octanol–water partition coefficient (Wildman–Crippen LogP) is 3.64. The molecule has 0 fully saturated rings. The minimum Gasteiger partial charge on any atom is -0.206 e. The lowest BCUT2D eigenvalue weighted by Crippen LogP contribution is -1.90. The van der Waals surface area contributed by atoms with E-state index in [4.69, 9.17) is 11.6 Å². The Morgan fingerprint density at radius 3 is 2.73 bits per heavy atom. The van der Waals surface area contributed by atoms with Crippen molar-refractivity contribution in [3.8, 4) is 0 Å². The van der Waals surface area contributed by atoms with Gasteiger partial charge in [0, 0.05) is 10.0 Å². The first-order valence-corrected chi connectivity index (χ1v) is 4.48. The molecule has 3 heteroatoms. The van der Waals surface area contributed by atoms with Crippen molar-refractivity contribution in [1.82, 2.24) is 0 Å². The maximum atomic E-state index is 13.1. The molecule has 0 amide bonds. The molecule has 0 radical (unpaired) electrons. The summed E-state index contributed by atoms with van der Waals surface area (Å²) >= 11 is 8.78. The number of hydrogen-bond acceptors (Lipinski definition) is 0. The number of rotatable bonds is 1. The third kappa shape index (κ3) is 1.94. The topological polar surface area (TPSA) is 0 Å². The summed E-state index contributed by atoms with van der Waals surface area (Å²) in [6.45, 7) is 1.72. The molecule has 0 saturated heterocycles. The van der Waals surface area contributed by atoms with Gasteiger partial charge < -0.3 is 0 Å². The fourth-order valence-corrected chi connectivity index (χ4v) is 1.71. The Morgan fingerprint density at radius 2 is 2.18 bits per heavy atom. The van der Waals surface area contributed by atoms with Crippen LogP contribution in [0.25, 0.3) is 0 Å². The van der Waals surface area contributed by atoms with Gasteiger partial charge in [-0.05, 0) is 24.6 Å². The zero-order chi connectivity index (χ0) is 8.43. The van der Waals surface area contributed by atoms with Crippen molar-refractivity contribution < 1.29 is 4.39 Å². The lowest BCUT2D eigenvalue weighted by atomic mass is 10.1. The predicted molar refractivity (Wildman–Crippen MR) is 48.4 cm³/mol. The van der Waals surface area contributed by atoms with Crippen LogP contribution in [0.4, 0.5) is 4.39 Å². The number of halogens is 3. The highest BCUT2D eigenvalue weighted by Crippen LogP contribution is 2.20. The SMILES string of the molecule is Cc1cc(Br)cc(CCl)c1F. The van der Waals surface area contributed by atoms with E-state index in [0.29, 0.717) is 11.1 Å². The maximum absolute atomic E-state index is 13.1. The third-order valence-electron chi connectivity index (χ3n) is 1.44. The molecule has 0 spiro atoms. The number of hydrogen-bond donors (Lipinski definition) is 0. The van der Waals surface area contributed by atoms with Crippen molar-refractivity contribution in [2.75, 3.05) is 0 Å². The highest BCUT2D eigenvalue weighted by Gasteiger charge is 2.04. The highest BCUT2D eigenvalue weighted by atomic mass is 79.9. The smallest absolute Gasteiger partial charge is 0.130 e. The van der Waals surface area contributed by atoms with Gasteiger partial charge in [-0.1, -0.05) is 15.9 Å². The molecule has 11 heavy (non-hydrogen) atoms. The molecule has 0 atom stereocenters. The van der Waals surface area contributed by atoms with Gasteiger partial charge in [-0.3, -0.25) is 0 Å². The molecule has 1 rings (SSSR count). The van der Waals surface area contributed by atoms with E-state index in [1.54, 1.807) is 19.1 Å². The summed E-state index contributed by atoms with van der Waals surface area (Å²) in [6, 6.07) is 3.42.